The average Bonchev–Trinajstić information content (AvgIpc) is 3.08. The van der Waals surface area contributed by atoms with E-state index in [1.807, 2.05) is 32.0 Å². The van der Waals surface area contributed by atoms with Gasteiger partial charge in [-0.25, -0.2) is 0 Å². The number of nitrogens with one attached hydrogen (secondary N) is 2. The molecule has 0 aliphatic heterocycles. The van der Waals surface area contributed by atoms with E-state index < -0.39 is 5.91 Å². The zero-order valence-electron chi connectivity index (χ0n) is 15.5. The number of aromatic nitrogens is 2. The third kappa shape index (κ3) is 6.17. The molecule has 3 aromatic rings. The number of aryl methyl sites for hydroxylation is 2. The fourth-order valence-electron chi connectivity index (χ4n) is 2.53. The number of amides is 2. The van der Waals surface area contributed by atoms with Gasteiger partial charge in [0.15, 0.2) is 4.34 Å². The molecular weight excluding hydrogens is 451 g/mol. The third-order valence-corrected chi connectivity index (χ3v) is 6.17. The molecule has 0 aliphatic carbocycles. The summed E-state index contributed by atoms with van der Waals surface area (Å²) in [5.41, 5.74) is 3.17. The number of hydrogen-bond donors (Lipinski definition) is 2. The predicted octanol–water partition coefficient (Wildman–Crippen LogP) is 5.44. The summed E-state index contributed by atoms with van der Waals surface area (Å²) < 4.78 is 0.563. The van der Waals surface area contributed by atoms with Crippen molar-refractivity contribution in [3.63, 3.8) is 0 Å². The molecule has 0 bridgehead atoms. The topological polar surface area (TPSA) is 84.0 Å². The standard InChI is InChI=1S/C19H16Cl2N4O2S2/c1-10-5-11(2)7-13(6-10)22-16(26)9-28-19-25-24-18(29-19)23-17(27)14-8-12(20)3-4-15(14)21/h3-8H,9H2,1-2H3,(H,22,26)(H,23,24,27). The van der Waals surface area contributed by atoms with Gasteiger partial charge in [0.1, 0.15) is 0 Å². The molecular formula is C19H16Cl2N4O2S2. The highest BCUT2D eigenvalue weighted by Gasteiger charge is 2.15. The SMILES string of the molecule is Cc1cc(C)cc(NC(=O)CSc2nnc(NC(=O)c3cc(Cl)ccc3Cl)s2)c1. The highest BCUT2D eigenvalue weighted by molar-refractivity contribution is 8.01. The molecule has 0 radical (unpaired) electrons. The number of nitrogens with zero attached hydrogens (tertiary/aromatic N) is 2. The van der Waals surface area contributed by atoms with Gasteiger partial charge in [0, 0.05) is 10.7 Å². The van der Waals surface area contributed by atoms with Crippen molar-refractivity contribution in [3.8, 4) is 0 Å². The number of thioether (sulfide) groups is 1. The molecule has 6 nitrogen and oxygen atoms in total. The van der Waals surface area contributed by atoms with Crippen LogP contribution in [0.1, 0.15) is 21.5 Å². The van der Waals surface area contributed by atoms with Crippen LogP contribution >= 0.6 is 46.3 Å². The predicted molar refractivity (Wildman–Crippen MR) is 120 cm³/mol. The Morgan fingerprint density at radius 1 is 1.03 bits per heavy atom. The molecule has 0 unspecified atom stereocenters. The van der Waals surface area contributed by atoms with Crippen LogP contribution in [0.5, 0.6) is 0 Å². The number of anilines is 2. The third-order valence-electron chi connectivity index (χ3n) is 3.63. The van der Waals surface area contributed by atoms with Crippen LogP contribution in [0.25, 0.3) is 0 Å². The summed E-state index contributed by atoms with van der Waals surface area (Å²) in [5.74, 6) is -0.403. The molecule has 2 amide bonds. The molecule has 0 saturated carbocycles. The number of benzene rings is 2. The summed E-state index contributed by atoms with van der Waals surface area (Å²) in [5, 5.41) is 14.4. The van der Waals surface area contributed by atoms with Crippen molar-refractivity contribution in [1.29, 1.82) is 0 Å². The molecule has 3 rings (SSSR count). The van der Waals surface area contributed by atoms with Gasteiger partial charge < -0.3 is 5.32 Å². The van der Waals surface area contributed by atoms with E-state index in [1.54, 1.807) is 12.1 Å². The van der Waals surface area contributed by atoms with Crippen LogP contribution in [0.2, 0.25) is 10.0 Å². The fourth-order valence-corrected chi connectivity index (χ4v) is 4.45. The molecule has 29 heavy (non-hydrogen) atoms. The van der Waals surface area contributed by atoms with Crippen molar-refractivity contribution in [2.24, 2.45) is 0 Å². The second-order valence-corrected chi connectivity index (χ2v) is 9.21. The Kier molecular flexibility index (Phi) is 7.13. The highest BCUT2D eigenvalue weighted by atomic mass is 35.5. The minimum atomic E-state index is -0.433. The number of rotatable bonds is 6. The Morgan fingerprint density at radius 2 is 1.76 bits per heavy atom. The van der Waals surface area contributed by atoms with Crippen molar-refractivity contribution in [2.45, 2.75) is 18.2 Å². The van der Waals surface area contributed by atoms with Crippen molar-refractivity contribution < 1.29 is 9.59 Å². The number of hydrogen-bond acceptors (Lipinski definition) is 6. The van der Waals surface area contributed by atoms with Crippen molar-refractivity contribution >= 4 is 68.9 Å². The minimum Gasteiger partial charge on any atom is -0.325 e. The first-order valence-corrected chi connectivity index (χ1v) is 11.0. The molecule has 0 saturated heterocycles. The smallest absolute Gasteiger partial charge is 0.259 e. The van der Waals surface area contributed by atoms with Crippen LogP contribution in [0.15, 0.2) is 40.7 Å². The van der Waals surface area contributed by atoms with Gasteiger partial charge in [0.25, 0.3) is 5.91 Å². The maximum absolute atomic E-state index is 12.3. The lowest BCUT2D eigenvalue weighted by Gasteiger charge is -2.06. The maximum atomic E-state index is 12.3. The Labute approximate surface area is 186 Å². The Bertz CT molecular complexity index is 1050. The molecule has 0 atom stereocenters. The van der Waals surface area contributed by atoms with Gasteiger partial charge in [-0.15, -0.1) is 10.2 Å². The lowest BCUT2D eigenvalue weighted by molar-refractivity contribution is -0.113. The van der Waals surface area contributed by atoms with Crippen LogP contribution in [-0.2, 0) is 4.79 Å². The van der Waals surface area contributed by atoms with Gasteiger partial charge in [-0.05, 0) is 55.3 Å². The molecule has 1 aromatic heterocycles. The maximum Gasteiger partial charge on any atom is 0.259 e. The fraction of sp³-hybridized carbons (Fsp3) is 0.158. The first-order chi connectivity index (χ1) is 13.8. The molecule has 0 aliphatic rings. The van der Waals surface area contributed by atoms with Crippen LogP contribution in [-0.4, -0.2) is 27.8 Å². The molecule has 150 valence electrons. The van der Waals surface area contributed by atoms with E-state index in [2.05, 4.69) is 20.8 Å². The summed E-state index contributed by atoms with van der Waals surface area (Å²) >= 11 is 14.4. The highest BCUT2D eigenvalue weighted by Crippen LogP contribution is 2.27. The number of halogens is 2. The van der Waals surface area contributed by atoms with E-state index in [0.717, 1.165) is 16.8 Å². The van der Waals surface area contributed by atoms with E-state index in [9.17, 15) is 9.59 Å². The van der Waals surface area contributed by atoms with Crippen LogP contribution in [0.3, 0.4) is 0 Å². The molecule has 1 heterocycles. The molecule has 2 N–H and O–H groups in total. The summed E-state index contributed by atoms with van der Waals surface area (Å²) in [6, 6.07) is 10.5. The van der Waals surface area contributed by atoms with E-state index in [1.165, 1.54) is 29.2 Å². The molecule has 10 heteroatoms. The zero-order valence-corrected chi connectivity index (χ0v) is 18.6. The van der Waals surface area contributed by atoms with E-state index >= 15 is 0 Å². The second-order valence-electron chi connectivity index (χ2n) is 6.16. The largest absolute Gasteiger partial charge is 0.325 e. The van der Waals surface area contributed by atoms with Crippen molar-refractivity contribution in [2.75, 3.05) is 16.4 Å². The average molecular weight is 467 g/mol. The molecule has 2 aromatic carbocycles. The Hall–Kier alpha value is -2.13. The quantitative estimate of drug-likeness (QED) is 0.372. The summed E-state index contributed by atoms with van der Waals surface area (Å²) in [4.78, 5) is 24.5. The summed E-state index contributed by atoms with van der Waals surface area (Å²) in [6.45, 7) is 3.95. The van der Waals surface area contributed by atoms with Crippen LogP contribution in [0.4, 0.5) is 10.8 Å². The van der Waals surface area contributed by atoms with E-state index in [0.29, 0.717) is 14.5 Å². The van der Waals surface area contributed by atoms with Crippen LogP contribution in [0, 0.1) is 13.8 Å². The van der Waals surface area contributed by atoms with Crippen LogP contribution < -0.4 is 10.6 Å². The van der Waals surface area contributed by atoms with E-state index in [-0.39, 0.29) is 22.2 Å². The van der Waals surface area contributed by atoms with Crippen molar-refractivity contribution in [1.82, 2.24) is 10.2 Å². The Balaban J connectivity index is 1.55. The molecule has 0 fully saturated rings. The molecule has 0 spiro atoms. The minimum absolute atomic E-state index is 0.147. The lowest BCUT2D eigenvalue weighted by atomic mass is 10.1. The second kappa shape index (κ2) is 9.58. The normalized spacial score (nSPS) is 10.6. The first kappa shape index (κ1) is 21.6. The van der Waals surface area contributed by atoms with Crippen molar-refractivity contribution in [3.05, 3.63) is 63.1 Å². The summed E-state index contributed by atoms with van der Waals surface area (Å²) in [7, 11) is 0. The van der Waals surface area contributed by atoms with Gasteiger partial charge in [-0.1, -0.05) is 52.4 Å². The van der Waals surface area contributed by atoms with E-state index in [4.69, 9.17) is 23.2 Å². The van der Waals surface area contributed by atoms with Gasteiger partial charge in [-0.3, -0.25) is 14.9 Å². The zero-order chi connectivity index (χ0) is 21.0. The van der Waals surface area contributed by atoms with Gasteiger partial charge >= 0.3 is 0 Å². The van der Waals surface area contributed by atoms with Gasteiger partial charge in [-0.2, -0.15) is 0 Å². The first-order valence-electron chi connectivity index (χ1n) is 8.41. The lowest BCUT2D eigenvalue weighted by Crippen LogP contribution is -2.14. The Morgan fingerprint density at radius 3 is 2.48 bits per heavy atom. The van der Waals surface area contributed by atoms with Gasteiger partial charge in [0.05, 0.1) is 16.3 Å². The summed E-state index contributed by atoms with van der Waals surface area (Å²) in [6.07, 6.45) is 0. The van der Waals surface area contributed by atoms with Gasteiger partial charge in [0.2, 0.25) is 11.0 Å². The monoisotopic (exact) mass is 466 g/mol. The number of carbonyl (C=O) groups excluding carboxylic acids is 2. The number of carbonyl (C=O) groups is 2.